The fourth-order valence-electron chi connectivity index (χ4n) is 3.41. The summed E-state index contributed by atoms with van der Waals surface area (Å²) in [5.74, 6) is 0. The van der Waals surface area contributed by atoms with Gasteiger partial charge in [0.05, 0.1) is 16.6 Å². The highest BCUT2D eigenvalue weighted by Gasteiger charge is 2.16. The fraction of sp³-hybridized carbons (Fsp3) is 0.316. The third-order valence-corrected chi connectivity index (χ3v) is 6.90. The highest BCUT2D eigenvalue weighted by molar-refractivity contribution is 7.29. The Kier molecular flexibility index (Phi) is 3.50. The number of thiophene rings is 1. The molecular formula is C19H18N4S2. The zero-order valence-corrected chi connectivity index (χ0v) is 15.9. The Morgan fingerprint density at radius 3 is 2.80 bits per heavy atom. The Morgan fingerprint density at radius 1 is 1.08 bits per heavy atom. The molecule has 0 fully saturated rings. The molecule has 1 aliphatic carbocycles. The van der Waals surface area contributed by atoms with Gasteiger partial charge in [-0.3, -0.25) is 0 Å². The zero-order chi connectivity index (χ0) is 17.0. The molecule has 25 heavy (non-hydrogen) atoms. The van der Waals surface area contributed by atoms with Gasteiger partial charge in [0.25, 0.3) is 0 Å². The molecule has 0 amide bonds. The van der Waals surface area contributed by atoms with Crippen molar-refractivity contribution in [2.24, 2.45) is 0 Å². The molecule has 4 heterocycles. The SMILES string of the molecule is Cc1cn2nc(-c3nc4sc(C5=CCCCC5)cc4s3)cc(C)c2n1. The van der Waals surface area contributed by atoms with Gasteiger partial charge < -0.3 is 0 Å². The Morgan fingerprint density at radius 2 is 2.00 bits per heavy atom. The Hall–Kier alpha value is -2.05. The van der Waals surface area contributed by atoms with Crippen LogP contribution in [0.3, 0.4) is 0 Å². The number of nitrogens with zero attached hydrogens (tertiary/aromatic N) is 4. The molecule has 4 nitrogen and oxygen atoms in total. The molecule has 0 unspecified atom stereocenters. The number of imidazole rings is 1. The summed E-state index contributed by atoms with van der Waals surface area (Å²) in [6, 6.07) is 4.40. The molecule has 4 aromatic rings. The molecule has 126 valence electrons. The van der Waals surface area contributed by atoms with Gasteiger partial charge in [0.1, 0.15) is 15.5 Å². The van der Waals surface area contributed by atoms with Crippen LogP contribution in [0.2, 0.25) is 0 Å². The molecule has 0 radical (unpaired) electrons. The lowest BCUT2D eigenvalue weighted by Gasteiger charge is -2.10. The summed E-state index contributed by atoms with van der Waals surface area (Å²) in [6.07, 6.45) is 9.43. The molecule has 4 aromatic heterocycles. The van der Waals surface area contributed by atoms with Gasteiger partial charge in [-0.2, -0.15) is 5.10 Å². The third kappa shape index (κ3) is 2.60. The second kappa shape index (κ2) is 5.75. The van der Waals surface area contributed by atoms with Crippen LogP contribution in [0.5, 0.6) is 0 Å². The van der Waals surface area contributed by atoms with E-state index in [1.54, 1.807) is 11.3 Å². The summed E-state index contributed by atoms with van der Waals surface area (Å²) in [5.41, 5.74) is 5.47. The zero-order valence-electron chi connectivity index (χ0n) is 14.2. The van der Waals surface area contributed by atoms with Crippen molar-refractivity contribution >= 4 is 43.4 Å². The smallest absolute Gasteiger partial charge is 0.156 e. The normalized spacial score (nSPS) is 15.2. The summed E-state index contributed by atoms with van der Waals surface area (Å²) in [4.78, 5) is 11.9. The number of fused-ring (bicyclic) bond motifs is 2. The standard InChI is InChI=1S/C19H18N4S2/c1-11-8-14(22-23-10-12(2)20-17(11)23)18-21-19-16(25-18)9-15(24-19)13-6-4-3-5-7-13/h6,8-10H,3-5,7H2,1-2H3. The molecule has 0 saturated heterocycles. The van der Waals surface area contributed by atoms with Crippen molar-refractivity contribution in [3.05, 3.63) is 40.5 Å². The largest absolute Gasteiger partial charge is 0.232 e. The number of hydrogen-bond acceptors (Lipinski definition) is 5. The summed E-state index contributed by atoms with van der Waals surface area (Å²) >= 11 is 3.55. The van der Waals surface area contributed by atoms with Crippen LogP contribution < -0.4 is 0 Å². The molecule has 0 saturated carbocycles. The van der Waals surface area contributed by atoms with Crippen LogP contribution in [0.25, 0.3) is 31.5 Å². The average molecular weight is 367 g/mol. The molecule has 6 heteroatoms. The maximum Gasteiger partial charge on any atom is 0.156 e. The molecule has 0 aromatic carbocycles. The number of rotatable bonds is 2. The second-order valence-electron chi connectivity index (χ2n) is 6.64. The second-order valence-corrected chi connectivity index (χ2v) is 8.70. The van der Waals surface area contributed by atoms with Crippen molar-refractivity contribution in [1.82, 2.24) is 19.6 Å². The van der Waals surface area contributed by atoms with Gasteiger partial charge in [-0.05, 0) is 62.8 Å². The molecule has 5 rings (SSSR count). The first kappa shape index (κ1) is 15.2. The van der Waals surface area contributed by atoms with Crippen LogP contribution in [0.15, 0.2) is 24.4 Å². The fourth-order valence-corrected chi connectivity index (χ4v) is 5.65. The van der Waals surface area contributed by atoms with E-state index < -0.39 is 0 Å². The molecule has 0 atom stereocenters. The van der Waals surface area contributed by atoms with Crippen LogP contribution in [-0.2, 0) is 0 Å². The van der Waals surface area contributed by atoms with Crippen molar-refractivity contribution in [1.29, 1.82) is 0 Å². The maximum atomic E-state index is 4.87. The van der Waals surface area contributed by atoms with Gasteiger partial charge in [-0.15, -0.1) is 22.7 Å². The van der Waals surface area contributed by atoms with E-state index in [0.717, 1.165) is 32.4 Å². The average Bonchev–Trinajstić information content (AvgIpc) is 3.27. The number of aryl methyl sites for hydroxylation is 2. The Bertz CT molecular complexity index is 1100. The Labute approximate surface area is 153 Å². The van der Waals surface area contributed by atoms with Gasteiger partial charge in [0.15, 0.2) is 5.65 Å². The van der Waals surface area contributed by atoms with Crippen LogP contribution >= 0.6 is 22.7 Å². The van der Waals surface area contributed by atoms with Gasteiger partial charge in [-0.1, -0.05) is 6.08 Å². The number of thiazole rings is 1. The minimum Gasteiger partial charge on any atom is -0.232 e. The highest BCUT2D eigenvalue weighted by Crippen LogP contribution is 2.39. The summed E-state index contributed by atoms with van der Waals surface area (Å²) in [7, 11) is 0. The highest BCUT2D eigenvalue weighted by atomic mass is 32.1. The summed E-state index contributed by atoms with van der Waals surface area (Å²) in [5, 5.41) is 5.70. The lowest BCUT2D eigenvalue weighted by molar-refractivity contribution is 0.743. The van der Waals surface area contributed by atoms with Crippen LogP contribution in [0, 0.1) is 13.8 Å². The molecular weight excluding hydrogens is 348 g/mol. The van der Waals surface area contributed by atoms with Crippen molar-refractivity contribution in [3.63, 3.8) is 0 Å². The topological polar surface area (TPSA) is 43.1 Å². The van der Waals surface area contributed by atoms with E-state index in [4.69, 9.17) is 10.1 Å². The quantitative estimate of drug-likeness (QED) is 0.461. The maximum absolute atomic E-state index is 4.87. The van der Waals surface area contributed by atoms with Crippen LogP contribution in [0.4, 0.5) is 0 Å². The molecule has 0 bridgehead atoms. The van der Waals surface area contributed by atoms with Crippen LogP contribution in [0.1, 0.15) is 41.8 Å². The van der Waals surface area contributed by atoms with Crippen molar-refractivity contribution < 1.29 is 0 Å². The number of hydrogen-bond donors (Lipinski definition) is 0. The minimum atomic E-state index is 0.922. The molecule has 0 N–H and O–H groups in total. The van der Waals surface area contributed by atoms with Crippen LogP contribution in [-0.4, -0.2) is 19.6 Å². The summed E-state index contributed by atoms with van der Waals surface area (Å²) < 4.78 is 3.14. The molecule has 0 aliphatic heterocycles. The number of allylic oxidation sites excluding steroid dienone is 2. The number of aromatic nitrogens is 4. The van der Waals surface area contributed by atoms with E-state index in [0.29, 0.717) is 0 Å². The predicted molar refractivity (Wildman–Crippen MR) is 105 cm³/mol. The molecule has 1 aliphatic rings. The van der Waals surface area contributed by atoms with Gasteiger partial charge in [-0.25, -0.2) is 14.5 Å². The monoisotopic (exact) mass is 366 g/mol. The summed E-state index contributed by atoms with van der Waals surface area (Å²) in [6.45, 7) is 4.07. The lowest BCUT2D eigenvalue weighted by Crippen LogP contribution is -1.95. The van der Waals surface area contributed by atoms with Gasteiger partial charge in [0.2, 0.25) is 0 Å². The van der Waals surface area contributed by atoms with E-state index in [-0.39, 0.29) is 0 Å². The van der Waals surface area contributed by atoms with E-state index in [1.807, 2.05) is 29.0 Å². The third-order valence-electron chi connectivity index (χ3n) is 4.65. The lowest BCUT2D eigenvalue weighted by atomic mass is 9.99. The van der Waals surface area contributed by atoms with E-state index in [2.05, 4.69) is 30.1 Å². The van der Waals surface area contributed by atoms with Crippen molar-refractivity contribution in [3.8, 4) is 10.7 Å². The van der Waals surface area contributed by atoms with Gasteiger partial charge >= 0.3 is 0 Å². The minimum absolute atomic E-state index is 0.922. The first-order valence-electron chi connectivity index (χ1n) is 8.61. The first-order valence-corrected chi connectivity index (χ1v) is 10.2. The van der Waals surface area contributed by atoms with E-state index in [1.165, 1.54) is 40.8 Å². The Balaban J connectivity index is 1.57. The van der Waals surface area contributed by atoms with Crippen molar-refractivity contribution in [2.45, 2.75) is 39.5 Å². The van der Waals surface area contributed by atoms with E-state index >= 15 is 0 Å². The van der Waals surface area contributed by atoms with Crippen molar-refractivity contribution in [2.75, 3.05) is 0 Å². The molecule has 0 spiro atoms. The van der Waals surface area contributed by atoms with Gasteiger partial charge in [0, 0.05) is 4.88 Å². The predicted octanol–water partition coefficient (Wildman–Crippen LogP) is 5.64. The first-order chi connectivity index (χ1) is 12.2. The van der Waals surface area contributed by atoms with E-state index in [9.17, 15) is 0 Å².